The maximum absolute atomic E-state index is 12.9. The fourth-order valence-corrected chi connectivity index (χ4v) is 5.32. The number of nitrogens with zero attached hydrogens (tertiary/aromatic N) is 1. The van der Waals surface area contributed by atoms with E-state index in [4.69, 9.17) is 9.47 Å². The summed E-state index contributed by atoms with van der Waals surface area (Å²) in [6.45, 7) is 4.81. The molecule has 0 bridgehead atoms. The van der Waals surface area contributed by atoms with Gasteiger partial charge in [-0.15, -0.1) is 11.3 Å². The SMILES string of the molecule is CSCCC(NS(=O)(=O)c1ccc2c(c1)OCCO2)C(=O)Nc1nc(C(C)C)cs1. The van der Waals surface area contributed by atoms with Crippen molar-refractivity contribution in [3.8, 4) is 11.5 Å². The molecule has 1 aromatic carbocycles. The highest BCUT2D eigenvalue weighted by atomic mass is 32.2. The highest BCUT2D eigenvalue weighted by Gasteiger charge is 2.27. The molecule has 2 N–H and O–H groups in total. The van der Waals surface area contributed by atoms with Gasteiger partial charge in [0.25, 0.3) is 0 Å². The number of carbonyl (C=O) groups excluding carboxylic acids is 1. The number of nitrogens with one attached hydrogen (secondary N) is 2. The Morgan fingerprint density at radius 2 is 2.00 bits per heavy atom. The molecule has 11 heteroatoms. The van der Waals surface area contributed by atoms with Crippen molar-refractivity contribution in [2.24, 2.45) is 0 Å². The van der Waals surface area contributed by atoms with Crippen molar-refractivity contribution in [3.05, 3.63) is 29.3 Å². The van der Waals surface area contributed by atoms with Crippen LogP contribution >= 0.6 is 23.1 Å². The smallest absolute Gasteiger partial charge is 0.244 e. The monoisotopic (exact) mass is 471 g/mol. The third-order valence-electron chi connectivity index (χ3n) is 4.39. The van der Waals surface area contributed by atoms with Crippen LogP contribution in [0.2, 0.25) is 0 Å². The van der Waals surface area contributed by atoms with Crippen LogP contribution < -0.4 is 19.5 Å². The summed E-state index contributed by atoms with van der Waals surface area (Å²) in [7, 11) is -3.94. The lowest BCUT2D eigenvalue weighted by molar-refractivity contribution is -0.117. The van der Waals surface area contributed by atoms with Crippen LogP contribution in [-0.4, -0.2) is 50.6 Å². The van der Waals surface area contributed by atoms with Gasteiger partial charge in [0.1, 0.15) is 19.3 Å². The van der Waals surface area contributed by atoms with E-state index in [1.165, 1.54) is 35.2 Å². The molecule has 1 aliphatic rings. The molecule has 8 nitrogen and oxygen atoms in total. The molecule has 1 aliphatic heterocycles. The van der Waals surface area contributed by atoms with Crippen LogP contribution in [0.1, 0.15) is 31.9 Å². The Labute approximate surface area is 184 Å². The van der Waals surface area contributed by atoms with E-state index >= 15 is 0 Å². The van der Waals surface area contributed by atoms with E-state index in [0.717, 1.165) is 5.69 Å². The second kappa shape index (κ2) is 9.99. The van der Waals surface area contributed by atoms with E-state index in [0.29, 0.717) is 42.0 Å². The van der Waals surface area contributed by atoms with Gasteiger partial charge in [-0.3, -0.25) is 4.79 Å². The number of benzene rings is 1. The number of hydrogen-bond acceptors (Lipinski definition) is 8. The molecule has 1 unspecified atom stereocenters. The van der Waals surface area contributed by atoms with Crippen molar-refractivity contribution in [2.45, 2.75) is 37.1 Å². The van der Waals surface area contributed by atoms with Crippen LogP contribution in [0.25, 0.3) is 0 Å². The van der Waals surface area contributed by atoms with Gasteiger partial charge in [-0.2, -0.15) is 16.5 Å². The normalized spacial score (nSPS) is 14.5. The van der Waals surface area contributed by atoms with Crippen LogP contribution in [0, 0.1) is 0 Å². The average molecular weight is 472 g/mol. The minimum atomic E-state index is -3.94. The Bertz CT molecular complexity index is 991. The lowest BCUT2D eigenvalue weighted by Gasteiger charge is -2.20. The standard InChI is InChI=1S/C19H25N3O5S3/c1-12(2)15-11-29-19(20-15)21-18(23)14(6-9-28-3)22-30(24,25)13-4-5-16-17(10-13)27-8-7-26-16/h4-5,10-12,14,22H,6-9H2,1-3H3,(H,20,21,23). The van der Waals surface area contributed by atoms with Crippen LogP contribution in [0.4, 0.5) is 5.13 Å². The number of rotatable bonds is 9. The molecule has 0 aliphatic carbocycles. The molecular weight excluding hydrogens is 446 g/mol. The molecule has 0 saturated carbocycles. The quantitative estimate of drug-likeness (QED) is 0.579. The first-order chi connectivity index (χ1) is 14.3. The first-order valence-corrected chi connectivity index (χ1v) is 13.2. The van der Waals surface area contributed by atoms with Crippen LogP contribution in [0.15, 0.2) is 28.5 Å². The summed E-state index contributed by atoms with van der Waals surface area (Å²) in [5, 5.41) is 5.08. The number of carbonyl (C=O) groups is 1. The summed E-state index contributed by atoms with van der Waals surface area (Å²) in [5.41, 5.74) is 0.882. The molecule has 3 rings (SSSR count). The minimum Gasteiger partial charge on any atom is -0.486 e. The number of hydrogen-bond donors (Lipinski definition) is 2. The maximum Gasteiger partial charge on any atom is 0.244 e. The van der Waals surface area contributed by atoms with Gasteiger partial charge in [0.2, 0.25) is 15.9 Å². The molecular formula is C19H25N3O5S3. The van der Waals surface area contributed by atoms with Gasteiger partial charge < -0.3 is 14.8 Å². The second-order valence-electron chi connectivity index (χ2n) is 6.98. The Morgan fingerprint density at radius 3 is 2.67 bits per heavy atom. The summed E-state index contributed by atoms with van der Waals surface area (Å²) < 4.78 is 39.3. The number of anilines is 1. The summed E-state index contributed by atoms with van der Waals surface area (Å²) in [5.74, 6) is 1.30. The minimum absolute atomic E-state index is 0.0186. The molecule has 0 saturated heterocycles. The topological polar surface area (TPSA) is 107 Å². The molecule has 0 radical (unpaired) electrons. The van der Waals surface area contributed by atoms with E-state index < -0.39 is 22.0 Å². The third kappa shape index (κ3) is 5.65. The predicted molar refractivity (Wildman–Crippen MR) is 119 cm³/mol. The Kier molecular flexibility index (Phi) is 7.61. The zero-order valence-electron chi connectivity index (χ0n) is 17.0. The zero-order valence-corrected chi connectivity index (χ0v) is 19.5. The van der Waals surface area contributed by atoms with Crippen LogP contribution in [-0.2, 0) is 14.8 Å². The van der Waals surface area contributed by atoms with Crippen molar-refractivity contribution in [2.75, 3.05) is 30.5 Å². The van der Waals surface area contributed by atoms with Crippen molar-refractivity contribution in [3.63, 3.8) is 0 Å². The summed E-state index contributed by atoms with van der Waals surface area (Å²) in [6.07, 6.45) is 2.25. The predicted octanol–water partition coefficient (Wildman–Crippen LogP) is 3.08. The molecule has 0 fully saturated rings. The number of aromatic nitrogens is 1. The molecule has 2 heterocycles. The summed E-state index contributed by atoms with van der Waals surface area (Å²) >= 11 is 2.86. The number of fused-ring (bicyclic) bond motifs is 1. The maximum atomic E-state index is 12.9. The molecule has 164 valence electrons. The van der Waals surface area contributed by atoms with Gasteiger partial charge in [0, 0.05) is 11.4 Å². The Morgan fingerprint density at radius 1 is 1.27 bits per heavy atom. The second-order valence-corrected chi connectivity index (χ2v) is 10.5. The highest BCUT2D eigenvalue weighted by Crippen LogP contribution is 2.32. The van der Waals surface area contributed by atoms with Gasteiger partial charge in [0.05, 0.1) is 10.6 Å². The van der Waals surface area contributed by atoms with E-state index in [-0.39, 0.29) is 10.8 Å². The molecule has 1 amide bonds. The van der Waals surface area contributed by atoms with Gasteiger partial charge in [-0.1, -0.05) is 13.8 Å². The number of amides is 1. The van der Waals surface area contributed by atoms with Crippen LogP contribution in [0.3, 0.4) is 0 Å². The molecule has 30 heavy (non-hydrogen) atoms. The number of ether oxygens (including phenoxy) is 2. The molecule has 1 atom stereocenters. The van der Waals surface area contributed by atoms with Gasteiger partial charge in [-0.25, -0.2) is 13.4 Å². The summed E-state index contributed by atoms with van der Waals surface area (Å²) in [6, 6.07) is 3.48. The zero-order chi connectivity index (χ0) is 21.7. The lowest BCUT2D eigenvalue weighted by atomic mass is 10.2. The Balaban J connectivity index is 1.76. The van der Waals surface area contributed by atoms with E-state index in [1.807, 2.05) is 25.5 Å². The molecule has 2 aromatic rings. The van der Waals surface area contributed by atoms with E-state index in [9.17, 15) is 13.2 Å². The molecule has 0 spiro atoms. The average Bonchev–Trinajstić information content (AvgIpc) is 3.19. The van der Waals surface area contributed by atoms with Gasteiger partial charge in [-0.05, 0) is 36.5 Å². The lowest BCUT2D eigenvalue weighted by Crippen LogP contribution is -2.44. The largest absolute Gasteiger partial charge is 0.486 e. The number of sulfonamides is 1. The van der Waals surface area contributed by atoms with Crippen molar-refractivity contribution >= 4 is 44.2 Å². The molecule has 1 aromatic heterocycles. The summed E-state index contributed by atoms with van der Waals surface area (Å²) in [4.78, 5) is 17.2. The third-order valence-corrected chi connectivity index (χ3v) is 7.28. The Hall–Kier alpha value is -1.82. The van der Waals surface area contributed by atoms with E-state index in [2.05, 4.69) is 15.0 Å². The van der Waals surface area contributed by atoms with Gasteiger partial charge >= 0.3 is 0 Å². The van der Waals surface area contributed by atoms with Crippen LogP contribution in [0.5, 0.6) is 11.5 Å². The number of thiazole rings is 1. The highest BCUT2D eigenvalue weighted by molar-refractivity contribution is 7.98. The number of thioether (sulfide) groups is 1. The van der Waals surface area contributed by atoms with E-state index in [1.54, 1.807) is 6.07 Å². The van der Waals surface area contributed by atoms with Crippen molar-refractivity contribution < 1.29 is 22.7 Å². The fraction of sp³-hybridized carbons (Fsp3) is 0.474. The fourth-order valence-electron chi connectivity index (χ4n) is 2.73. The van der Waals surface area contributed by atoms with Crippen molar-refractivity contribution in [1.82, 2.24) is 9.71 Å². The van der Waals surface area contributed by atoms with Crippen molar-refractivity contribution in [1.29, 1.82) is 0 Å². The van der Waals surface area contributed by atoms with Gasteiger partial charge in [0.15, 0.2) is 16.6 Å². The first kappa shape index (κ1) is 22.9. The first-order valence-electron chi connectivity index (χ1n) is 9.47.